The Bertz CT molecular complexity index is 2580. The van der Waals surface area contributed by atoms with Crippen molar-refractivity contribution in [1.29, 1.82) is 0 Å². The molecular weight excluding hydrogens is 1060 g/mol. The molecular formula is C67H113N9O6S. The minimum absolute atomic E-state index is 0.0157. The normalized spacial score (nSPS) is 25.3. The van der Waals surface area contributed by atoms with Gasteiger partial charge in [-0.25, -0.2) is 8.42 Å². The number of nitrogens with zero attached hydrogens (tertiary/aromatic N) is 9. The minimum atomic E-state index is -3.59. The van der Waals surface area contributed by atoms with Crippen LogP contribution in [0.2, 0.25) is 0 Å². The van der Waals surface area contributed by atoms with Crippen LogP contribution in [0.4, 0.5) is 0 Å². The van der Waals surface area contributed by atoms with Gasteiger partial charge in [0.1, 0.15) is 4.90 Å². The molecule has 8 atom stereocenters. The van der Waals surface area contributed by atoms with E-state index in [1.165, 1.54) is 22.3 Å². The monoisotopic (exact) mass is 1170 g/mol. The van der Waals surface area contributed by atoms with Crippen molar-refractivity contribution in [3.05, 3.63) is 100 Å². The molecule has 16 heteroatoms. The second-order valence-electron chi connectivity index (χ2n) is 27.1. The van der Waals surface area contributed by atoms with Crippen molar-refractivity contribution in [2.45, 2.75) is 208 Å². The van der Waals surface area contributed by atoms with E-state index in [-0.39, 0.29) is 48.6 Å². The molecule has 0 saturated carbocycles. The number of likely N-dealkylation sites (N-methyl/N-ethyl adjacent to an activating group) is 4. The fourth-order valence-electron chi connectivity index (χ4n) is 12.5. The Morgan fingerprint density at radius 2 is 0.904 bits per heavy atom. The van der Waals surface area contributed by atoms with Crippen molar-refractivity contribution in [3.8, 4) is 0 Å². The standard InChI is InChI=1S/C67H113N9O6S/c1-48(2)30-61-44-79-54(11)39-71(15)64(33-51(7)8)47-82-66(35-58-22-26-60(27-23-58)41-76-56(13)67(55(12)69-76)83(77,78)75-28-18-19-29-75)43-73(17)62(31-49(3)4)45-80-53(10)38-70(14)63(32-50(5)6)46-81-65(42-72(61)16)34-57-20-24-59(25-21-57)40-74-37-52(9)36-68-74/h20-27,36-37,48-51,53-54,61-66H,18-19,28-35,38-47H2,1-17H3/t53-,54-,61+,62+,63+,64+,65-,66-/m1/s1. The van der Waals surface area contributed by atoms with Crippen molar-refractivity contribution in [1.82, 2.24) is 43.5 Å². The summed E-state index contributed by atoms with van der Waals surface area (Å²) in [5.74, 6) is 1.98. The van der Waals surface area contributed by atoms with Gasteiger partial charge in [0.25, 0.3) is 0 Å². The smallest absolute Gasteiger partial charge is 0.246 e. The first-order valence-electron chi connectivity index (χ1n) is 31.8. The number of aryl methyl sites for hydroxylation is 2. The molecule has 83 heavy (non-hydrogen) atoms. The van der Waals surface area contributed by atoms with Crippen LogP contribution in [0.25, 0.3) is 0 Å². The average Bonchev–Trinajstić information content (AvgIpc) is 4.39. The zero-order valence-electron chi connectivity index (χ0n) is 54.7. The molecule has 2 saturated heterocycles. The number of rotatable bonds is 18. The molecule has 4 heterocycles. The lowest BCUT2D eigenvalue weighted by molar-refractivity contribution is -0.0536. The lowest BCUT2D eigenvalue weighted by Gasteiger charge is -2.37. The van der Waals surface area contributed by atoms with E-state index in [1.54, 1.807) is 4.31 Å². The molecule has 0 unspecified atom stereocenters. The molecule has 2 fully saturated rings. The molecule has 0 radical (unpaired) electrons. The Morgan fingerprint density at radius 3 is 1.29 bits per heavy atom. The summed E-state index contributed by atoms with van der Waals surface area (Å²) in [5, 5.41) is 9.29. The first-order chi connectivity index (χ1) is 39.3. The van der Waals surface area contributed by atoms with E-state index in [2.05, 4.69) is 184 Å². The van der Waals surface area contributed by atoms with E-state index in [9.17, 15) is 8.42 Å². The highest BCUT2D eigenvalue weighted by Crippen LogP contribution is 2.28. The molecule has 2 aliphatic heterocycles. The number of hydrogen-bond donors (Lipinski definition) is 0. The molecule has 0 spiro atoms. The van der Waals surface area contributed by atoms with Crippen LogP contribution in [0.1, 0.15) is 147 Å². The maximum atomic E-state index is 13.7. The highest BCUT2D eigenvalue weighted by Gasteiger charge is 2.33. The summed E-state index contributed by atoms with van der Waals surface area (Å²) in [6.45, 7) is 36.9. The minimum Gasteiger partial charge on any atom is -0.376 e. The molecule has 2 aromatic heterocycles. The number of benzene rings is 2. The highest BCUT2D eigenvalue weighted by atomic mass is 32.2. The molecule has 0 bridgehead atoms. The quantitative estimate of drug-likeness (QED) is 0.0942. The van der Waals surface area contributed by atoms with Crippen LogP contribution in [0.15, 0.2) is 65.8 Å². The van der Waals surface area contributed by atoms with Crippen LogP contribution in [-0.2, 0) is 54.9 Å². The summed E-state index contributed by atoms with van der Waals surface area (Å²) in [7, 11) is 5.45. The van der Waals surface area contributed by atoms with E-state index in [0.29, 0.717) is 86.0 Å². The summed E-state index contributed by atoms with van der Waals surface area (Å²) in [6.07, 6.45) is 11.4. The maximum absolute atomic E-state index is 13.7. The van der Waals surface area contributed by atoms with E-state index in [0.717, 1.165) is 89.7 Å². The first kappa shape index (κ1) is 68.6. The van der Waals surface area contributed by atoms with Gasteiger partial charge in [-0.3, -0.25) is 29.0 Å². The number of ether oxygens (including phenoxy) is 4. The van der Waals surface area contributed by atoms with Crippen LogP contribution in [0.3, 0.4) is 0 Å². The third-order valence-electron chi connectivity index (χ3n) is 17.1. The molecule has 0 aliphatic carbocycles. The fraction of sp³-hybridized carbons (Fsp3) is 0.731. The van der Waals surface area contributed by atoms with Crippen LogP contribution in [0, 0.1) is 44.4 Å². The van der Waals surface area contributed by atoms with Gasteiger partial charge in [-0.1, -0.05) is 104 Å². The number of hydrogen-bond acceptors (Lipinski definition) is 12. The van der Waals surface area contributed by atoms with Gasteiger partial charge in [0.15, 0.2) is 0 Å². The second kappa shape index (κ2) is 33.0. The lowest BCUT2D eigenvalue weighted by atomic mass is 10.0. The van der Waals surface area contributed by atoms with Gasteiger partial charge < -0.3 is 18.9 Å². The Labute approximate surface area is 504 Å². The fourth-order valence-corrected chi connectivity index (χ4v) is 14.4. The Balaban J connectivity index is 1.24. The summed E-state index contributed by atoms with van der Waals surface area (Å²) < 4.78 is 61.1. The first-order valence-corrected chi connectivity index (χ1v) is 33.2. The summed E-state index contributed by atoms with van der Waals surface area (Å²) >= 11 is 0. The van der Waals surface area contributed by atoms with Gasteiger partial charge in [-0.2, -0.15) is 14.5 Å². The summed E-state index contributed by atoms with van der Waals surface area (Å²) in [6, 6.07) is 18.7. The van der Waals surface area contributed by atoms with Gasteiger partial charge >= 0.3 is 0 Å². The molecule has 468 valence electrons. The predicted octanol–water partition coefficient (Wildman–Crippen LogP) is 10.7. The Hall–Kier alpha value is -3.55. The van der Waals surface area contributed by atoms with Crippen molar-refractivity contribution in [3.63, 3.8) is 0 Å². The SMILES string of the molecule is Cc1cnn(Cc2ccc(C[C@@H]3CN(C)[C@@H](CC(C)C)CO[C@H](C)CN(C)[C@@H](CC(C)C)CO[C@H](Cc4ccc(Cn5nc(C)c(S(=O)(=O)N6CCCC6)c5C)cc4)CN(C)[C@@H](CC(C)C)CO[C@H](C)CN(C)[C@@H](CC(C)C)CO3)cc2)c1. The van der Waals surface area contributed by atoms with E-state index in [4.69, 9.17) is 24.0 Å². The van der Waals surface area contributed by atoms with Gasteiger partial charge in [0, 0.05) is 69.6 Å². The largest absolute Gasteiger partial charge is 0.376 e. The molecule has 2 aliphatic rings. The average molecular weight is 1170 g/mol. The molecule has 15 nitrogen and oxygen atoms in total. The third-order valence-corrected chi connectivity index (χ3v) is 19.3. The molecule has 0 amide bonds. The molecule has 2 aromatic carbocycles. The predicted molar refractivity (Wildman–Crippen MR) is 339 cm³/mol. The summed E-state index contributed by atoms with van der Waals surface area (Å²) in [5.41, 5.74) is 7.20. The van der Waals surface area contributed by atoms with Crippen molar-refractivity contribution in [2.75, 3.05) is 93.9 Å². The van der Waals surface area contributed by atoms with Crippen LogP contribution in [-0.4, -0.2) is 194 Å². The van der Waals surface area contributed by atoms with Gasteiger partial charge in [0.05, 0.1) is 81.5 Å². The second-order valence-corrected chi connectivity index (χ2v) is 29.0. The Morgan fingerprint density at radius 1 is 0.530 bits per heavy atom. The van der Waals surface area contributed by atoms with Gasteiger partial charge in [0.2, 0.25) is 10.0 Å². The highest BCUT2D eigenvalue weighted by molar-refractivity contribution is 7.89. The van der Waals surface area contributed by atoms with E-state index in [1.807, 2.05) is 29.4 Å². The summed E-state index contributed by atoms with van der Waals surface area (Å²) in [4.78, 5) is 10.3. The lowest BCUT2D eigenvalue weighted by Crippen LogP contribution is -2.47. The van der Waals surface area contributed by atoms with Crippen molar-refractivity contribution < 1.29 is 27.4 Å². The zero-order valence-corrected chi connectivity index (χ0v) is 55.5. The van der Waals surface area contributed by atoms with Crippen molar-refractivity contribution in [2.24, 2.45) is 23.7 Å². The molecule has 4 aromatic rings. The maximum Gasteiger partial charge on any atom is 0.246 e. The van der Waals surface area contributed by atoms with Gasteiger partial charge in [-0.05, 0) is 166 Å². The third kappa shape index (κ3) is 22.0. The molecule has 6 rings (SSSR count). The van der Waals surface area contributed by atoms with Crippen LogP contribution >= 0.6 is 0 Å². The number of sulfonamides is 1. The van der Waals surface area contributed by atoms with Crippen LogP contribution in [0.5, 0.6) is 0 Å². The topological polar surface area (TPSA) is 123 Å². The van der Waals surface area contributed by atoms with Crippen LogP contribution < -0.4 is 0 Å². The molecule has 0 N–H and O–H groups in total. The Kier molecular flexibility index (Phi) is 27.2. The number of aromatic nitrogens is 4. The van der Waals surface area contributed by atoms with E-state index < -0.39 is 10.0 Å². The van der Waals surface area contributed by atoms with E-state index >= 15 is 0 Å². The van der Waals surface area contributed by atoms with Crippen molar-refractivity contribution >= 4 is 10.0 Å². The van der Waals surface area contributed by atoms with Gasteiger partial charge in [-0.15, -0.1) is 0 Å². The zero-order chi connectivity index (χ0) is 60.5.